The Morgan fingerprint density at radius 2 is 1.67 bits per heavy atom. The maximum Gasteiger partial charge on any atom is 0.408 e. The van der Waals surface area contributed by atoms with Gasteiger partial charge >= 0.3 is 6.09 Å². The Morgan fingerprint density at radius 3 is 2.18 bits per heavy atom. The molecule has 0 aliphatic heterocycles. The van der Waals surface area contributed by atoms with Crippen LogP contribution in [-0.2, 0) is 20.7 Å². The molecule has 0 radical (unpaired) electrons. The van der Waals surface area contributed by atoms with E-state index in [0.29, 0.717) is 0 Å². The number of alkyl carbamates (subject to hydrolysis) is 1. The van der Waals surface area contributed by atoms with Gasteiger partial charge in [-0.1, -0.05) is 42.8 Å². The molecular weight excluding hydrogens is 494 g/mol. The summed E-state index contributed by atoms with van der Waals surface area (Å²) < 4.78 is 5.49. The number of carbonyl (C=O) groups is 3. The molecule has 39 heavy (non-hydrogen) atoms. The second kappa shape index (κ2) is 12.1. The predicted molar refractivity (Wildman–Crippen MR) is 151 cm³/mol. The lowest BCUT2D eigenvalue weighted by Gasteiger charge is -2.36. The summed E-state index contributed by atoms with van der Waals surface area (Å²) in [6.45, 7) is 15.0. The molecular formula is C31H43N3O5. The summed E-state index contributed by atoms with van der Waals surface area (Å²) in [5.74, 6) is -0.294. The number of aryl methyl sites for hydroxylation is 2. The zero-order valence-corrected chi connectivity index (χ0v) is 24.4. The van der Waals surface area contributed by atoms with Crippen LogP contribution in [0.3, 0.4) is 0 Å². The van der Waals surface area contributed by atoms with Crippen molar-refractivity contribution in [2.75, 3.05) is 0 Å². The van der Waals surface area contributed by atoms with E-state index in [1.165, 1.54) is 0 Å². The number of benzene rings is 2. The maximum atomic E-state index is 14.5. The number of hydrogen-bond donors (Lipinski definition) is 3. The molecule has 2 aromatic rings. The van der Waals surface area contributed by atoms with Crippen molar-refractivity contribution in [1.82, 2.24) is 15.5 Å². The third-order valence-electron chi connectivity index (χ3n) is 6.72. The summed E-state index contributed by atoms with van der Waals surface area (Å²) in [6.07, 6.45) is 0.222. The first kappa shape index (κ1) is 30.0. The third kappa shape index (κ3) is 8.22. The van der Waals surface area contributed by atoms with Gasteiger partial charge in [-0.25, -0.2) is 4.79 Å². The van der Waals surface area contributed by atoms with Crippen molar-refractivity contribution in [3.05, 3.63) is 64.7 Å². The molecule has 2 aromatic carbocycles. The highest BCUT2D eigenvalue weighted by Crippen LogP contribution is 2.41. The summed E-state index contributed by atoms with van der Waals surface area (Å²) in [5.41, 5.74) is 2.74. The molecule has 4 unspecified atom stereocenters. The number of ether oxygens (including phenoxy) is 1. The first-order valence-corrected chi connectivity index (χ1v) is 13.6. The number of nitrogens with one attached hydrogen (secondary N) is 2. The molecule has 0 heterocycles. The number of amides is 3. The smallest absolute Gasteiger partial charge is 0.408 e. The zero-order chi connectivity index (χ0) is 29.1. The van der Waals surface area contributed by atoms with Crippen LogP contribution >= 0.6 is 0 Å². The van der Waals surface area contributed by atoms with Crippen molar-refractivity contribution in [3.63, 3.8) is 0 Å². The number of phenolic OH excluding ortho intramolecular Hbond substituents is 1. The van der Waals surface area contributed by atoms with Gasteiger partial charge in [-0.2, -0.15) is 0 Å². The van der Waals surface area contributed by atoms with Gasteiger partial charge in [-0.3, -0.25) is 9.59 Å². The molecule has 0 saturated heterocycles. The van der Waals surface area contributed by atoms with Crippen molar-refractivity contribution in [3.8, 4) is 5.75 Å². The largest absolute Gasteiger partial charge is 0.508 e. The van der Waals surface area contributed by atoms with Gasteiger partial charge in [0.2, 0.25) is 11.8 Å². The molecule has 0 bridgehead atoms. The van der Waals surface area contributed by atoms with Crippen molar-refractivity contribution < 1.29 is 24.2 Å². The van der Waals surface area contributed by atoms with Gasteiger partial charge in [-0.15, -0.1) is 0 Å². The molecule has 8 heteroatoms. The van der Waals surface area contributed by atoms with Crippen LogP contribution in [0.15, 0.2) is 42.5 Å². The van der Waals surface area contributed by atoms with Gasteiger partial charge in [0.25, 0.3) is 0 Å². The molecule has 4 atom stereocenters. The first-order chi connectivity index (χ1) is 18.2. The minimum absolute atomic E-state index is 0.107. The number of phenols is 1. The number of nitrogens with zero attached hydrogens (tertiary/aromatic N) is 1. The number of carbonyl (C=O) groups excluding carboxylic acids is 3. The maximum absolute atomic E-state index is 14.5. The predicted octanol–water partition coefficient (Wildman–Crippen LogP) is 4.95. The van der Waals surface area contributed by atoms with E-state index in [4.69, 9.17) is 4.74 Å². The third-order valence-corrected chi connectivity index (χ3v) is 6.72. The molecule has 1 aliphatic rings. The van der Waals surface area contributed by atoms with Crippen LogP contribution in [0.2, 0.25) is 0 Å². The Morgan fingerprint density at radius 1 is 1.05 bits per heavy atom. The van der Waals surface area contributed by atoms with E-state index in [2.05, 4.69) is 17.6 Å². The first-order valence-electron chi connectivity index (χ1n) is 13.6. The molecule has 1 fully saturated rings. The number of hydrogen-bond acceptors (Lipinski definition) is 5. The average molecular weight is 538 g/mol. The standard InChI is InChI=1S/C31H43N3O5/c1-18(2)32-28(36)27(24-14-9-19(3)15-20(24)4)34(26-16-21(26)5)29(37)25(33-30(38)39-31(6,7)8)17-22-10-12-23(35)13-11-22/h9-15,18,21,25-27,35H,16-17H2,1-8H3,(H,32,36)(H,33,38). The van der Waals surface area contributed by atoms with Crippen molar-refractivity contribution in [2.45, 2.75) is 98.0 Å². The fraction of sp³-hybridized carbons (Fsp3) is 0.516. The summed E-state index contributed by atoms with van der Waals surface area (Å²) in [5, 5.41) is 15.5. The summed E-state index contributed by atoms with van der Waals surface area (Å²) in [6, 6.07) is 10.3. The Labute approximate surface area is 232 Å². The van der Waals surface area contributed by atoms with E-state index >= 15 is 0 Å². The highest BCUT2D eigenvalue weighted by molar-refractivity contribution is 5.93. The molecule has 0 spiro atoms. The van der Waals surface area contributed by atoms with Gasteiger partial charge in [0.05, 0.1) is 0 Å². The summed E-state index contributed by atoms with van der Waals surface area (Å²) in [4.78, 5) is 42.8. The van der Waals surface area contributed by atoms with Gasteiger partial charge in [0, 0.05) is 18.5 Å². The second-order valence-electron chi connectivity index (χ2n) is 12.0. The van der Waals surface area contributed by atoms with E-state index in [-0.39, 0.29) is 42.0 Å². The Balaban J connectivity index is 2.07. The van der Waals surface area contributed by atoms with E-state index in [9.17, 15) is 19.5 Å². The molecule has 0 aromatic heterocycles. The lowest BCUT2D eigenvalue weighted by Crippen LogP contribution is -2.55. The van der Waals surface area contributed by atoms with Crippen molar-refractivity contribution in [2.24, 2.45) is 5.92 Å². The number of aromatic hydroxyl groups is 1. The topological polar surface area (TPSA) is 108 Å². The van der Waals surface area contributed by atoms with Crippen LogP contribution in [0.1, 0.15) is 76.3 Å². The van der Waals surface area contributed by atoms with Crippen LogP contribution in [0, 0.1) is 19.8 Å². The minimum Gasteiger partial charge on any atom is -0.508 e. The second-order valence-corrected chi connectivity index (χ2v) is 12.0. The van der Waals surface area contributed by atoms with Crippen LogP contribution in [0.4, 0.5) is 4.79 Å². The van der Waals surface area contributed by atoms with E-state index in [1.54, 1.807) is 49.9 Å². The normalized spacial score (nSPS) is 18.2. The molecule has 8 nitrogen and oxygen atoms in total. The van der Waals surface area contributed by atoms with E-state index in [0.717, 1.165) is 28.7 Å². The highest BCUT2D eigenvalue weighted by atomic mass is 16.6. The molecule has 3 N–H and O–H groups in total. The quantitative estimate of drug-likeness (QED) is 0.420. The molecule has 3 amide bonds. The molecule has 1 aliphatic carbocycles. The van der Waals surface area contributed by atoms with Gasteiger partial charge < -0.3 is 25.4 Å². The Kier molecular flexibility index (Phi) is 9.30. The van der Waals surface area contributed by atoms with Crippen molar-refractivity contribution >= 4 is 17.9 Å². The lowest BCUT2D eigenvalue weighted by atomic mass is 9.95. The van der Waals surface area contributed by atoms with E-state index < -0.39 is 23.8 Å². The Bertz CT molecular complexity index is 1190. The monoisotopic (exact) mass is 537 g/mol. The van der Waals surface area contributed by atoms with Crippen molar-refractivity contribution in [1.29, 1.82) is 0 Å². The zero-order valence-electron chi connectivity index (χ0n) is 24.4. The number of rotatable bonds is 9. The SMILES string of the molecule is Cc1ccc(C(C(=O)NC(C)C)N(C(=O)C(Cc2ccc(O)cc2)NC(=O)OC(C)(C)C)C2CC2C)c(C)c1. The van der Waals surface area contributed by atoms with Crippen LogP contribution < -0.4 is 10.6 Å². The average Bonchev–Trinajstić information content (AvgIpc) is 3.52. The molecule has 1 saturated carbocycles. The Hall–Kier alpha value is -3.55. The fourth-order valence-electron chi connectivity index (χ4n) is 4.78. The van der Waals surface area contributed by atoms with Crippen LogP contribution in [-0.4, -0.2) is 51.6 Å². The van der Waals surface area contributed by atoms with E-state index in [1.807, 2.05) is 45.9 Å². The van der Waals surface area contributed by atoms with Gasteiger partial charge in [-0.05, 0) is 89.6 Å². The molecule has 3 rings (SSSR count). The van der Waals surface area contributed by atoms with Gasteiger partial charge in [0.15, 0.2) is 0 Å². The lowest BCUT2D eigenvalue weighted by molar-refractivity contribution is -0.143. The van der Waals surface area contributed by atoms with Gasteiger partial charge in [0.1, 0.15) is 23.4 Å². The van der Waals surface area contributed by atoms with Crippen LogP contribution in [0.5, 0.6) is 5.75 Å². The minimum atomic E-state index is -0.989. The summed E-state index contributed by atoms with van der Waals surface area (Å²) >= 11 is 0. The summed E-state index contributed by atoms with van der Waals surface area (Å²) in [7, 11) is 0. The van der Waals surface area contributed by atoms with Crippen LogP contribution in [0.25, 0.3) is 0 Å². The highest BCUT2D eigenvalue weighted by Gasteiger charge is 2.48. The molecule has 212 valence electrons. The fourth-order valence-corrected chi connectivity index (χ4v) is 4.78.